The van der Waals surface area contributed by atoms with Crippen molar-refractivity contribution in [3.63, 3.8) is 0 Å². The van der Waals surface area contributed by atoms with Crippen LogP contribution in [0.1, 0.15) is 48.9 Å². The zero-order chi connectivity index (χ0) is 18.1. The molecular weight excluding hydrogens is 332 g/mol. The predicted octanol–water partition coefficient (Wildman–Crippen LogP) is 2.31. The van der Waals surface area contributed by atoms with Crippen LogP contribution in [0.2, 0.25) is 0 Å². The Bertz CT molecular complexity index is 825. The molecule has 2 atom stereocenters. The predicted molar refractivity (Wildman–Crippen MR) is 97.5 cm³/mol. The quantitative estimate of drug-likeness (QED) is 0.878. The lowest BCUT2D eigenvalue weighted by Gasteiger charge is -2.27. The number of hydrogen-bond donors (Lipinski definition) is 2. The first-order valence-electron chi connectivity index (χ1n) is 9.38. The van der Waals surface area contributed by atoms with E-state index in [2.05, 4.69) is 15.3 Å². The zero-order valence-electron chi connectivity index (χ0n) is 14.7. The number of nitrogens with one attached hydrogen (secondary N) is 1. The average molecular weight is 356 g/mol. The number of carbonyl (C=O) groups is 2. The van der Waals surface area contributed by atoms with Crippen molar-refractivity contribution >= 4 is 23.1 Å². The fraction of sp³-hybridized carbons (Fsp3) is 0.526. The molecule has 1 aliphatic heterocycles. The minimum atomic E-state index is -0.768. The Labute approximate surface area is 152 Å². The highest BCUT2D eigenvalue weighted by Crippen LogP contribution is 2.26. The van der Waals surface area contributed by atoms with Crippen molar-refractivity contribution in [3.05, 3.63) is 30.1 Å². The highest BCUT2D eigenvalue weighted by atomic mass is 16.4. The molecule has 0 spiro atoms. The second-order valence-corrected chi connectivity index (χ2v) is 7.34. The fourth-order valence-corrected chi connectivity index (χ4v) is 4.12. The maximum atomic E-state index is 12.8. The van der Waals surface area contributed by atoms with E-state index < -0.39 is 5.97 Å². The number of carbonyl (C=O) groups excluding carboxylic acids is 1. The Morgan fingerprint density at radius 1 is 1.19 bits per heavy atom. The fourth-order valence-electron chi connectivity index (χ4n) is 4.12. The van der Waals surface area contributed by atoms with Gasteiger partial charge in [-0.2, -0.15) is 5.10 Å². The lowest BCUT2D eigenvalue weighted by atomic mass is 9.85. The van der Waals surface area contributed by atoms with Crippen LogP contribution in [-0.4, -0.2) is 45.7 Å². The Morgan fingerprint density at radius 2 is 2.00 bits per heavy atom. The van der Waals surface area contributed by atoms with Gasteiger partial charge in [-0.1, -0.05) is 6.42 Å². The van der Waals surface area contributed by atoms with Crippen molar-refractivity contribution in [2.75, 3.05) is 18.0 Å². The van der Waals surface area contributed by atoms with E-state index in [9.17, 15) is 14.7 Å². The van der Waals surface area contributed by atoms with Gasteiger partial charge in [-0.05, 0) is 44.2 Å². The molecule has 3 heterocycles. The van der Waals surface area contributed by atoms with E-state index in [1.54, 1.807) is 10.7 Å². The number of rotatable bonds is 4. The molecule has 1 saturated heterocycles. The number of aromatic nitrogens is 2. The summed E-state index contributed by atoms with van der Waals surface area (Å²) >= 11 is 0. The summed E-state index contributed by atoms with van der Waals surface area (Å²) in [7, 11) is 0. The van der Waals surface area contributed by atoms with Gasteiger partial charge in [0.1, 0.15) is 0 Å². The van der Waals surface area contributed by atoms with Crippen LogP contribution in [0.4, 0.5) is 5.69 Å². The number of amides is 1. The van der Waals surface area contributed by atoms with Crippen LogP contribution < -0.4 is 10.2 Å². The van der Waals surface area contributed by atoms with E-state index in [4.69, 9.17) is 0 Å². The molecule has 0 bridgehead atoms. The molecule has 4 rings (SSSR count). The Kier molecular flexibility index (Phi) is 4.53. The number of pyridine rings is 1. The smallest absolute Gasteiger partial charge is 0.306 e. The number of carboxylic acid groups (broad SMARTS) is 1. The van der Waals surface area contributed by atoms with Crippen molar-refractivity contribution < 1.29 is 14.7 Å². The number of fused-ring (bicyclic) bond motifs is 1. The summed E-state index contributed by atoms with van der Waals surface area (Å²) < 4.78 is 1.72. The van der Waals surface area contributed by atoms with Crippen LogP contribution in [-0.2, 0) is 4.79 Å². The third kappa shape index (κ3) is 3.25. The Balaban J connectivity index is 1.52. The summed E-state index contributed by atoms with van der Waals surface area (Å²) in [6.45, 7) is 2.09. The molecule has 2 aromatic heterocycles. The molecule has 1 saturated carbocycles. The number of carboxylic acids is 1. The molecule has 0 aromatic carbocycles. The van der Waals surface area contributed by atoms with Gasteiger partial charge >= 0.3 is 5.97 Å². The summed E-state index contributed by atoms with van der Waals surface area (Å²) in [5, 5.41) is 16.5. The highest BCUT2D eigenvalue weighted by Gasteiger charge is 2.28. The van der Waals surface area contributed by atoms with E-state index >= 15 is 0 Å². The molecule has 2 unspecified atom stereocenters. The van der Waals surface area contributed by atoms with Crippen molar-refractivity contribution in [2.45, 2.75) is 44.6 Å². The van der Waals surface area contributed by atoms with Crippen LogP contribution in [0.25, 0.3) is 5.52 Å². The highest BCUT2D eigenvalue weighted by molar-refractivity contribution is 6.01. The molecule has 7 heteroatoms. The van der Waals surface area contributed by atoms with Crippen molar-refractivity contribution in [3.8, 4) is 0 Å². The topological polar surface area (TPSA) is 86.9 Å². The Morgan fingerprint density at radius 3 is 2.77 bits per heavy atom. The number of aliphatic carboxylic acids is 1. The molecular formula is C19H24N4O3. The van der Waals surface area contributed by atoms with Gasteiger partial charge in [0.2, 0.25) is 0 Å². The van der Waals surface area contributed by atoms with Gasteiger partial charge in [-0.15, -0.1) is 0 Å². The summed E-state index contributed by atoms with van der Waals surface area (Å²) in [4.78, 5) is 26.3. The second-order valence-electron chi connectivity index (χ2n) is 7.34. The maximum absolute atomic E-state index is 12.8. The average Bonchev–Trinajstić information content (AvgIpc) is 3.31. The molecule has 26 heavy (non-hydrogen) atoms. The molecule has 1 aliphatic carbocycles. The van der Waals surface area contributed by atoms with Gasteiger partial charge < -0.3 is 15.3 Å². The van der Waals surface area contributed by atoms with Crippen LogP contribution in [0.5, 0.6) is 0 Å². The molecule has 7 nitrogen and oxygen atoms in total. The molecule has 2 N–H and O–H groups in total. The third-order valence-corrected chi connectivity index (χ3v) is 5.58. The van der Waals surface area contributed by atoms with Gasteiger partial charge in [0.15, 0.2) is 0 Å². The first-order valence-corrected chi connectivity index (χ1v) is 9.38. The van der Waals surface area contributed by atoms with Gasteiger partial charge in [0, 0.05) is 31.0 Å². The SMILES string of the molecule is O=C(NC1CCCC(C(=O)O)C1)c1cnn2ccc(N3CCCC3)cc12. The first kappa shape index (κ1) is 16.9. The van der Waals surface area contributed by atoms with Gasteiger partial charge in [-0.25, -0.2) is 4.52 Å². The molecule has 2 aromatic rings. The molecule has 0 radical (unpaired) electrons. The maximum Gasteiger partial charge on any atom is 0.306 e. The number of nitrogens with zero attached hydrogens (tertiary/aromatic N) is 3. The van der Waals surface area contributed by atoms with Crippen molar-refractivity contribution in [1.29, 1.82) is 0 Å². The summed E-state index contributed by atoms with van der Waals surface area (Å²) in [5.74, 6) is -1.30. The molecule has 138 valence electrons. The standard InChI is InChI=1S/C19H24N4O3/c24-18(21-14-5-3-4-13(10-14)19(25)26)16-12-20-23-9-6-15(11-17(16)23)22-7-1-2-8-22/h6,9,11-14H,1-5,7-8,10H2,(H,21,24)(H,25,26). The monoisotopic (exact) mass is 356 g/mol. The number of hydrogen-bond acceptors (Lipinski definition) is 4. The zero-order valence-corrected chi connectivity index (χ0v) is 14.7. The minimum absolute atomic E-state index is 0.0888. The van der Waals surface area contributed by atoms with E-state index in [1.807, 2.05) is 18.3 Å². The van der Waals surface area contributed by atoms with E-state index in [0.717, 1.165) is 37.1 Å². The lowest BCUT2D eigenvalue weighted by molar-refractivity contribution is -0.143. The summed E-state index contributed by atoms with van der Waals surface area (Å²) in [5.41, 5.74) is 2.45. The first-order chi connectivity index (χ1) is 12.6. The van der Waals surface area contributed by atoms with Crippen molar-refractivity contribution in [2.24, 2.45) is 5.92 Å². The van der Waals surface area contributed by atoms with E-state index in [-0.39, 0.29) is 17.9 Å². The van der Waals surface area contributed by atoms with Gasteiger partial charge in [0.25, 0.3) is 5.91 Å². The third-order valence-electron chi connectivity index (χ3n) is 5.58. The summed E-state index contributed by atoms with van der Waals surface area (Å²) in [6, 6.07) is 3.97. The summed E-state index contributed by atoms with van der Waals surface area (Å²) in [6.07, 6.45) is 8.73. The van der Waals surface area contributed by atoms with Crippen LogP contribution in [0.15, 0.2) is 24.5 Å². The normalized spacial score (nSPS) is 23.3. The lowest BCUT2D eigenvalue weighted by Crippen LogP contribution is -2.39. The van der Waals surface area contributed by atoms with E-state index in [1.165, 1.54) is 12.8 Å². The Hall–Kier alpha value is -2.57. The molecule has 2 aliphatic rings. The van der Waals surface area contributed by atoms with E-state index in [0.29, 0.717) is 18.4 Å². The minimum Gasteiger partial charge on any atom is -0.481 e. The van der Waals surface area contributed by atoms with Crippen molar-refractivity contribution in [1.82, 2.24) is 14.9 Å². The number of anilines is 1. The largest absolute Gasteiger partial charge is 0.481 e. The van der Waals surface area contributed by atoms with Gasteiger partial charge in [0.05, 0.1) is 23.2 Å². The van der Waals surface area contributed by atoms with Crippen LogP contribution >= 0.6 is 0 Å². The second kappa shape index (κ2) is 6.97. The van der Waals surface area contributed by atoms with Crippen LogP contribution in [0, 0.1) is 5.92 Å². The van der Waals surface area contributed by atoms with Gasteiger partial charge in [-0.3, -0.25) is 9.59 Å². The van der Waals surface area contributed by atoms with Crippen LogP contribution in [0.3, 0.4) is 0 Å². The molecule has 2 fully saturated rings. The molecule has 1 amide bonds.